The van der Waals surface area contributed by atoms with E-state index in [1.807, 2.05) is 20.9 Å². The third-order valence-corrected chi connectivity index (χ3v) is 2.29. The molecule has 1 heterocycles. The normalized spacial score (nSPS) is 12.4. The minimum Gasteiger partial charge on any atom is -0.346 e. The van der Waals surface area contributed by atoms with E-state index in [9.17, 15) is 4.79 Å². The third-order valence-electron chi connectivity index (χ3n) is 2.29. The van der Waals surface area contributed by atoms with Crippen LogP contribution in [0.1, 0.15) is 32.1 Å². The summed E-state index contributed by atoms with van der Waals surface area (Å²) in [6, 6.07) is -0.110. The van der Waals surface area contributed by atoms with Crippen molar-refractivity contribution in [2.45, 2.75) is 26.3 Å². The fraction of sp³-hybridized carbons (Fsp3) is 0.700. The van der Waals surface area contributed by atoms with Gasteiger partial charge in [0, 0.05) is 20.0 Å². The maximum absolute atomic E-state index is 11.5. The molecule has 1 aromatic rings. The van der Waals surface area contributed by atoms with Gasteiger partial charge >= 0.3 is 0 Å². The van der Waals surface area contributed by atoms with Crippen LogP contribution >= 0.6 is 0 Å². The summed E-state index contributed by atoms with van der Waals surface area (Å²) in [5, 5.41) is 13.7. The first kappa shape index (κ1) is 12.6. The largest absolute Gasteiger partial charge is 0.346 e. The van der Waals surface area contributed by atoms with E-state index in [0.717, 1.165) is 12.4 Å². The lowest BCUT2D eigenvalue weighted by Crippen LogP contribution is -2.31. The van der Waals surface area contributed by atoms with E-state index in [-0.39, 0.29) is 11.9 Å². The predicted molar refractivity (Wildman–Crippen MR) is 60.7 cm³/mol. The number of nitrogens with zero attached hydrogens (tertiary/aromatic N) is 3. The van der Waals surface area contributed by atoms with Crippen LogP contribution in [-0.2, 0) is 11.8 Å². The second-order valence-electron chi connectivity index (χ2n) is 3.69. The quantitative estimate of drug-likeness (QED) is 0.668. The number of nitrogens with one attached hydrogen (secondary N) is 2. The summed E-state index contributed by atoms with van der Waals surface area (Å²) in [4.78, 5) is 11.5. The van der Waals surface area contributed by atoms with E-state index in [0.29, 0.717) is 13.0 Å². The van der Waals surface area contributed by atoms with Gasteiger partial charge in [0.2, 0.25) is 5.91 Å². The molecule has 0 fully saturated rings. The summed E-state index contributed by atoms with van der Waals surface area (Å²) < 4.78 is 1.80. The standard InChI is InChI=1S/C10H19N5O/c1-4-11-6-5-9(16)13-8(2)10-14-12-7-15(10)3/h7-8,11H,4-6H2,1-3H3,(H,13,16). The van der Waals surface area contributed by atoms with E-state index in [4.69, 9.17) is 0 Å². The molecular weight excluding hydrogens is 206 g/mol. The first-order valence-electron chi connectivity index (χ1n) is 5.49. The first-order valence-corrected chi connectivity index (χ1v) is 5.49. The maximum Gasteiger partial charge on any atom is 0.221 e. The van der Waals surface area contributed by atoms with Gasteiger partial charge < -0.3 is 15.2 Å². The second-order valence-corrected chi connectivity index (χ2v) is 3.69. The Labute approximate surface area is 95.4 Å². The van der Waals surface area contributed by atoms with Crippen LogP contribution in [0.15, 0.2) is 6.33 Å². The molecule has 0 saturated carbocycles. The van der Waals surface area contributed by atoms with E-state index < -0.39 is 0 Å². The Morgan fingerprint density at radius 1 is 1.62 bits per heavy atom. The fourth-order valence-electron chi connectivity index (χ4n) is 1.44. The molecule has 2 N–H and O–H groups in total. The van der Waals surface area contributed by atoms with Crippen molar-refractivity contribution in [3.63, 3.8) is 0 Å². The highest BCUT2D eigenvalue weighted by atomic mass is 16.1. The van der Waals surface area contributed by atoms with Gasteiger partial charge in [-0.25, -0.2) is 0 Å². The fourth-order valence-corrected chi connectivity index (χ4v) is 1.44. The average Bonchev–Trinajstić information content (AvgIpc) is 2.65. The molecule has 0 aliphatic heterocycles. The summed E-state index contributed by atoms with van der Waals surface area (Å²) in [5.41, 5.74) is 0. The van der Waals surface area contributed by atoms with Gasteiger partial charge in [0.15, 0.2) is 5.82 Å². The van der Waals surface area contributed by atoms with Crippen LogP contribution in [0.4, 0.5) is 0 Å². The van der Waals surface area contributed by atoms with Crippen LogP contribution in [0.25, 0.3) is 0 Å². The Morgan fingerprint density at radius 3 is 2.94 bits per heavy atom. The third kappa shape index (κ3) is 3.62. The van der Waals surface area contributed by atoms with Gasteiger partial charge in [0.25, 0.3) is 0 Å². The number of aryl methyl sites for hydroxylation is 1. The minimum atomic E-state index is -0.110. The molecule has 1 rings (SSSR count). The van der Waals surface area contributed by atoms with Crippen LogP contribution in [0, 0.1) is 0 Å². The van der Waals surface area contributed by atoms with Crippen LogP contribution in [0.5, 0.6) is 0 Å². The Bertz CT molecular complexity index is 336. The molecule has 1 amide bonds. The summed E-state index contributed by atoms with van der Waals surface area (Å²) in [6.45, 7) is 5.50. The van der Waals surface area contributed by atoms with Crippen molar-refractivity contribution >= 4 is 5.91 Å². The van der Waals surface area contributed by atoms with Gasteiger partial charge in [-0.15, -0.1) is 10.2 Å². The van der Waals surface area contributed by atoms with Gasteiger partial charge in [-0.05, 0) is 13.5 Å². The summed E-state index contributed by atoms with van der Waals surface area (Å²) >= 11 is 0. The predicted octanol–water partition coefficient (Wildman–Crippen LogP) is -0.00810. The van der Waals surface area contributed by atoms with Crippen LogP contribution in [0.3, 0.4) is 0 Å². The molecule has 1 unspecified atom stereocenters. The Morgan fingerprint density at radius 2 is 2.38 bits per heavy atom. The van der Waals surface area contributed by atoms with Crippen molar-refractivity contribution in [1.29, 1.82) is 0 Å². The highest BCUT2D eigenvalue weighted by molar-refractivity contribution is 5.76. The zero-order chi connectivity index (χ0) is 12.0. The molecule has 0 radical (unpaired) electrons. The highest BCUT2D eigenvalue weighted by Crippen LogP contribution is 2.06. The molecule has 16 heavy (non-hydrogen) atoms. The van der Waals surface area contributed by atoms with Crippen molar-refractivity contribution in [3.8, 4) is 0 Å². The number of hydrogen-bond donors (Lipinski definition) is 2. The van der Waals surface area contributed by atoms with Gasteiger partial charge in [-0.3, -0.25) is 4.79 Å². The van der Waals surface area contributed by atoms with Crippen molar-refractivity contribution in [2.24, 2.45) is 7.05 Å². The molecule has 0 saturated heterocycles. The number of aromatic nitrogens is 3. The highest BCUT2D eigenvalue weighted by Gasteiger charge is 2.13. The van der Waals surface area contributed by atoms with E-state index in [1.165, 1.54) is 0 Å². The molecule has 0 spiro atoms. The molecular formula is C10H19N5O. The maximum atomic E-state index is 11.5. The van der Waals surface area contributed by atoms with Crippen molar-refractivity contribution < 1.29 is 4.79 Å². The van der Waals surface area contributed by atoms with Gasteiger partial charge in [-0.1, -0.05) is 6.92 Å². The number of amides is 1. The zero-order valence-corrected chi connectivity index (χ0v) is 10.0. The molecule has 1 aromatic heterocycles. The lowest BCUT2D eigenvalue weighted by Gasteiger charge is -2.12. The number of carbonyl (C=O) groups is 1. The molecule has 0 aliphatic rings. The van der Waals surface area contributed by atoms with E-state index in [1.54, 1.807) is 10.9 Å². The van der Waals surface area contributed by atoms with Gasteiger partial charge in [0.05, 0.1) is 6.04 Å². The van der Waals surface area contributed by atoms with Crippen LogP contribution in [-0.4, -0.2) is 33.8 Å². The average molecular weight is 225 g/mol. The molecule has 1 atom stereocenters. The first-order chi connectivity index (χ1) is 7.65. The SMILES string of the molecule is CCNCCC(=O)NC(C)c1nncn1C. The summed E-state index contributed by atoms with van der Waals surface area (Å²) in [6.07, 6.45) is 2.10. The van der Waals surface area contributed by atoms with Gasteiger partial charge in [-0.2, -0.15) is 0 Å². The second kappa shape index (κ2) is 6.22. The molecule has 0 aliphatic carbocycles. The topological polar surface area (TPSA) is 71.8 Å². The smallest absolute Gasteiger partial charge is 0.221 e. The van der Waals surface area contributed by atoms with E-state index in [2.05, 4.69) is 20.8 Å². The van der Waals surface area contributed by atoms with Crippen LogP contribution < -0.4 is 10.6 Å². The number of hydrogen-bond acceptors (Lipinski definition) is 4. The van der Waals surface area contributed by atoms with Crippen LogP contribution in [0.2, 0.25) is 0 Å². The molecule has 0 bridgehead atoms. The van der Waals surface area contributed by atoms with Crippen molar-refractivity contribution in [2.75, 3.05) is 13.1 Å². The van der Waals surface area contributed by atoms with Crippen molar-refractivity contribution in [1.82, 2.24) is 25.4 Å². The monoisotopic (exact) mass is 225 g/mol. The van der Waals surface area contributed by atoms with Gasteiger partial charge in [0.1, 0.15) is 6.33 Å². The Kier molecular flexibility index (Phi) is 4.91. The zero-order valence-electron chi connectivity index (χ0n) is 10.0. The lowest BCUT2D eigenvalue weighted by atomic mass is 10.3. The molecule has 0 aromatic carbocycles. The number of carbonyl (C=O) groups excluding carboxylic acids is 1. The van der Waals surface area contributed by atoms with E-state index >= 15 is 0 Å². The lowest BCUT2D eigenvalue weighted by molar-refractivity contribution is -0.121. The Balaban J connectivity index is 2.37. The molecule has 6 heteroatoms. The van der Waals surface area contributed by atoms with Crippen molar-refractivity contribution in [3.05, 3.63) is 12.2 Å². The summed E-state index contributed by atoms with van der Waals surface area (Å²) in [7, 11) is 1.86. The summed E-state index contributed by atoms with van der Waals surface area (Å²) in [5.74, 6) is 0.785. The Hall–Kier alpha value is -1.43. The molecule has 6 nitrogen and oxygen atoms in total. The molecule has 90 valence electrons. The minimum absolute atomic E-state index is 0.0245. The number of rotatable bonds is 6.